The summed E-state index contributed by atoms with van der Waals surface area (Å²) in [4.78, 5) is 4.63. The number of hydrogen-bond donors (Lipinski definition) is 0. The number of nitrogens with zero attached hydrogens (tertiary/aromatic N) is 1. The van der Waals surface area contributed by atoms with Crippen LogP contribution in [0.25, 0.3) is 0 Å². The van der Waals surface area contributed by atoms with Crippen LogP contribution in [0.4, 0.5) is 0 Å². The molecule has 0 bridgehead atoms. The SMILES string of the molecule is CC(C)(C)[C@@H]1COC(C2C=CC=C2)=N1. The normalized spacial score (nSPS) is 26.8. The maximum absolute atomic E-state index is 5.62. The van der Waals surface area contributed by atoms with Crippen LogP contribution in [0.2, 0.25) is 0 Å². The van der Waals surface area contributed by atoms with Gasteiger partial charge in [0.15, 0.2) is 5.90 Å². The third-order valence-corrected chi connectivity index (χ3v) is 2.70. The predicted octanol–water partition coefficient (Wildman–Crippen LogP) is 2.57. The minimum atomic E-state index is 0.202. The van der Waals surface area contributed by atoms with Crippen molar-refractivity contribution in [3.8, 4) is 0 Å². The zero-order valence-electron chi connectivity index (χ0n) is 9.03. The number of hydrogen-bond acceptors (Lipinski definition) is 2. The fourth-order valence-electron chi connectivity index (χ4n) is 1.61. The highest BCUT2D eigenvalue weighted by Gasteiger charge is 2.31. The summed E-state index contributed by atoms with van der Waals surface area (Å²) in [5.74, 6) is 1.16. The molecule has 2 aliphatic rings. The average molecular weight is 191 g/mol. The van der Waals surface area contributed by atoms with Crippen molar-refractivity contribution in [1.82, 2.24) is 0 Å². The molecular weight excluding hydrogens is 174 g/mol. The van der Waals surface area contributed by atoms with Crippen LogP contribution in [-0.4, -0.2) is 18.5 Å². The Morgan fingerprint density at radius 2 is 1.93 bits per heavy atom. The Morgan fingerprint density at radius 3 is 2.43 bits per heavy atom. The van der Waals surface area contributed by atoms with Gasteiger partial charge in [-0.05, 0) is 5.41 Å². The smallest absolute Gasteiger partial charge is 0.194 e. The van der Waals surface area contributed by atoms with Gasteiger partial charge in [0.25, 0.3) is 0 Å². The molecule has 0 aromatic heterocycles. The molecule has 0 saturated heterocycles. The Hall–Kier alpha value is -1.05. The number of aliphatic imine (C=N–C) groups is 1. The summed E-state index contributed by atoms with van der Waals surface area (Å²) < 4.78 is 5.62. The molecule has 1 aliphatic carbocycles. The van der Waals surface area contributed by atoms with E-state index in [2.05, 4.69) is 37.9 Å². The molecular formula is C12H17NO. The third-order valence-electron chi connectivity index (χ3n) is 2.70. The molecule has 0 spiro atoms. The van der Waals surface area contributed by atoms with E-state index in [1.807, 2.05) is 12.2 Å². The molecule has 0 saturated carbocycles. The van der Waals surface area contributed by atoms with E-state index in [0.29, 0.717) is 6.04 Å². The van der Waals surface area contributed by atoms with Crippen molar-refractivity contribution in [2.75, 3.05) is 6.61 Å². The van der Waals surface area contributed by atoms with Crippen LogP contribution < -0.4 is 0 Å². The lowest BCUT2D eigenvalue weighted by atomic mass is 9.88. The Balaban J connectivity index is 2.09. The van der Waals surface area contributed by atoms with Crippen molar-refractivity contribution >= 4 is 5.90 Å². The molecule has 0 aromatic carbocycles. The van der Waals surface area contributed by atoms with Crippen molar-refractivity contribution in [3.05, 3.63) is 24.3 Å². The Kier molecular flexibility index (Phi) is 2.22. The van der Waals surface area contributed by atoms with E-state index in [1.165, 1.54) is 0 Å². The van der Waals surface area contributed by atoms with Gasteiger partial charge in [0.2, 0.25) is 0 Å². The van der Waals surface area contributed by atoms with Crippen molar-refractivity contribution in [1.29, 1.82) is 0 Å². The molecule has 1 atom stereocenters. The van der Waals surface area contributed by atoms with Crippen LogP contribution >= 0.6 is 0 Å². The van der Waals surface area contributed by atoms with Crippen molar-refractivity contribution in [3.63, 3.8) is 0 Å². The molecule has 1 heterocycles. The largest absolute Gasteiger partial charge is 0.478 e. The second-order valence-electron chi connectivity index (χ2n) is 4.96. The maximum atomic E-state index is 5.62. The summed E-state index contributed by atoms with van der Waals surface area (Å²) in [6.45, 7) is 7.34. The summed E-state index contributed by atoms with van der Waals surface area (Å²) in [5, 5.41) is 0. The average Bonchev–Trinajstić information content (AvgIpc) is 2.73. The van der Waals surface area contributed by atoms with Gasteiger partial charge >= 0.3 is 0 Å². The molecule has 0 aromatic rings. The van der Waals surface area contributed by atoms with E-state index in [4.69, 9.17) is 4.74 Å². The van der Waals surface area contributed by atoms with Gasteiger partial charge in [0.05, 0.1) is 12.0 Å². The molecule has 2 nitrogen and oxygen atoms in total. The maximum Gasteiger partial charge on any atom is 0.194 e. The van der Waals surface area contributed by atoms with Crippen LogP contribution in [0, 0.1) is 11.3 Å². The monoisotopic (exact) mass is 191 g/mol. The first-order valence-electron chi connectivity index (χ1n) is 5.13. The number of allylic oxidation sites excluding steroid dienone is 2. The number of ether oxygens (including phenoxy) is 1. The second kappa shape index (κ2) is 3.26. The molecule has 0 fully saturated rings. The highest BCUT2D eigenvalue weighted by molar-refractivity contribution is 5.84. The second-order valence-corrected chi connectivity index (χ2v) is 4.96. The van der Waals surface area contributed by atoms with Gasteiger partial charge in [-0.2, -0.15) is 0 Å². The molecule has 0 amide bonds. The van der Waals surface area contributed by atoms with Gasteiger partial charge in [0, 0.05) is 0 Å². The summed E-state index contributed by atoms with van der Waals surface area (Å²) in [5.41, 5.74) is 0.202. The minimum Gasteiger partial charge on any atom is -0.478 e. The van der Waals surface area contributed by atoms with Crippen molar-refractivity contribution < 1.29 is 4.74 Å². The van der Waals surface area contributed by atoms with E-state index in [-0.39, 0.29) is 11.3 Å². The first-order valence-corrected chi connectivity index (χ1v) is 5.13. The molecule has 0 N–H and O–H groups in total. The van der Waals surface area contributed by atoms with Gasteiger partial charge in [-0.15, -0.1) is 0 Å². The lowest BCUT2D eigenvalue weighted by Crippen LogP contribution is -2.25. The molecule has 76 valence electrons. The number of rotatable bonds is 1. The molecule has 1 aliphatic heterocycles. The molecule has 0 radical (unpaired) electrons. The molecule has 14 heavy (non-hydrogen) atoms. The predicted molar refractivity (Wildman–Crippen MR) is 58.4 cm³/mol. The Bertz CT molecular complexity index is 295. The van der Waals surface area contributed by atoms with E-state index >= 15 is 0 Å². The lowest BCUT2D eigenvalue weighted by molar-refractivity contribution is 0.232. The van der Waals surface area contributed by atoms with Gasteiger partial charge in [-0.3, -0.25) is 0 Å². The van der Waals surface area contributed by atoms with E-state index in [0.717, 1.165) is 12.5 Å². The van der Waals surface area contributed by atoms with Crippen LogP contribution in [0.1, 0.15) is 20.8 Å². The van der Waals surface area contributed by atoms with Gasteiger partial charge in [-0.1, -0.05) is 45.1 Å². The van der Waals surface area contributed by atoms with Crippen LogP contribution in [0.3, 0.4) is 0 Å². The minimum absolute atomic E-state index is 0.202. The highest BCUT2D eigenvalue weighted by Crippen LogP contribution is 2.28. The highest BCUT2D eigenvalue weighted by atomic mass is 16.5. The fourth-order valence-corrected chi connectivity index (χ4v) is 1.61. The zero-order valence-corrected chi connectivity index (χ0v) is 9.03. The first kappa shape index (κ1) is 9.50. The van der Waals surface area contributed by atoms with Crippen LogP contribution in [0.15, 0.2) is 29.3 Å². The standard InChI is InChI=1S/C12H17NO/c1-12(2,3)10-8-14-11(13-10)9-6-4-5-7-9/h4-7,9-10H,8H2,1-3H3/t10-/m0/s1. The summed E-state index contributed by atoms with van der Waals surface area (Å²) in [6.07, 6.45) is 8.32. The topological polar surface area (TPSA) is 21.6 Å². The van der Waals surface area contributed by atoms with Gasteiger partial charge < -0.3 is 4.74 Å². The molecule has 2 heteroatoms. The first-order chi connectivity index (χ1) is 6.57. The lowest BCUT2D eigenvalue weighted by Gasteiger charge is -2.21. The summed E-state index contributed by atoms with van der Waals surface area (Å²) in [7, 11) is 0. The van der Waals surface area contributed by atoms with Crippen LogP contribution in [0.5, 0.6) is 0 Å². The van der Waals surface area contributed by atoms with E-state index in [9.17, 15) is 0 Å². The zero-order chi connectivity index (χ0) is 10.2. The summed E-state index contributed by atoms with van der Waals surface area (Å²) in [6, 6.07) is 0.305. The quantitative estimate of drug-likeness (QED) is 0.624. The van der Waals surface area contributed by atoms with Gasteiger partial charge in [-0.25, -0.2) is 4.99 Å². The summed E-state index contributed by atoms with van der Waals surface area (Å²) >= 11 is 0. The molecule has 2 rings (SSSR count). The Morgan fingerprint density at radius 1 is 1.29 bits per heavy atom. The van der Waals surface area contributed by atoms with Crippen molar-refractivity contribution in [2.45, 2.75) is 26.8 Å². The third kappa shape index (κ3) is 1.74. The van der Waals surface area contributed by atoms with Crippen molar-refractivity contribution in [2.24, 2.45) is 16.3 Å². The van der Waals surface area contributed by atoms with Crippen LogP contribution in [-0.2, 0) is 4.74 Å². The van der Waals surface area contributed by atoms with Gasteiger partial charge in [0.1, 0.15) is 6.61 Å². The van der Waals surface area contributed by atoms with E-state index in [1.54, 1.807) is 0 Å². The van der Waals surface area contributed by atoms with E-state index < -0.39 is 0 Å². The fraction of sp³-hybridized carbons (Fsp3) is 0.583. The Labute approximate surface area is 85.4 Å². The molecule has 0 unspecified atom stereocenters.